The molecule has 0 saturated heterocycles. The number of amides is 1. The Hall–Kier alpha value is -3.50. The lowest BCUT2D eigenvalue weighted by atomic mass is 10.2. The molecule has 40 heavy (non-hydrogen) atoms. The molecule has 4 rings (SSSR count). The van der Waals surface area contributed by atoms with Crippen LogP contribution in [0.15, 0.2) is 82.8 Å². The predicted molar refractivity (Wildman–Crippen MR) is 160 cm³/mol. The van der Waals surface area contributed by atoms with Gasteiger partial charge in [0, 0.05) is 32.7 Å². The minimum Gasteiger partial charge on any atom is -0.495 e. The molecular formula is C28H25Cl3N4O4S. The van der Waals surface area contributed by atoms with E-state index in [2.05, 4.69) is 10.5 Å². The summed E-state index contributed by atoms with van der Waals surface area (Å²) in [5.41, 5.74) is 5.89. The molecule has 0 atom stereocenters. The van der Waals surface area contributed by atoms with Crippen LogP contribution >= 0.6 is 34.8 Å². The quantitative estimate of drug-likeness (QED) is 0.173. The predicted octanol–water partition coefficient (Wildman–Crippen LogP) is 6.41. The number of sulfonamides is 1. The average Bonchev–Trinajstić information content (AvgIpc) is 3.19. The van der Waals surface area contributed by atoms with E-state index in [0.717, 1.165) is 26.9 Å². The molecule has 0 fully saturated rings. The second-order valence-corrected chi connectivity index (χ2v) is 11.9. The van der Waals surface area contributed by atoms with Gasteiger partial charge in [0.15, 0.2) is 0 Å². The Morgan fingerprint density at radius 2 is 1.68 bits per heavy atom. The van der Waals surface area contributed by atoms with Gasteiger partial charge in [-0.05, 0) is 68.4 Å². The molecule has 3 aromatic carbocycles. The molecule has 0 spiro atoms. The summed E-state index contributed by atoms with van der Waals surface area (Å²) in [5.74, 6) is -0.285. The number of halogens is 3. The number of carbonyl (C=O) groups is 1. The van der Waals surface area contributed by atoms with Gasteiger partial charge >= 0.3 is 0 Å². The standard InChI is InChI=1S/C28H25Cl3N4O4S/c1-18-11-20(19(2)35(18)24-13-21(29)12-22(30)14-24)16-32-33-28(36)17-34(23-9-10-27(39-3)26(31)15-23)40(37,38)25-7-5-4-6-8-25/h4-16H,17H2,1-3H3,(H,33,36)/b32-16-. The lowest BCUT2D eigenvalue weighted by Gasteiger charge is -2.24. The molecule has 0 radical (unpaired) electrons. The summed E-state index contributed by atoms with van der Waals surface area (Å²) >= 11 is 18.6. The van der Waals surface area contributed by atoms with E-state index in [1.165, 1.54) is 43.7 Å². The summed E-state index contributed by atoms with van der Waals surface area (Å²) in [7, 11) is -2.66. The fourth-order valence-corrected chi connectivity index (χ4v) is 6.37. The van der Waals surface area contributed by atoms with Gasteiger partial charge in [-0.2, -0.15) is 5.10 Å². The van der Waals surface area contributed by atoms with E-state index in [4.69, 9.17) is 39.5 Å². The third-order valence-corrected chi connectivity index (χ3v) is 8.53. The number of nitrogens with zero attached hydrogens (tertiary/aromatic N) is 3. The van der Waals surface area contributed by atoms with Crippen molar-refractivity contribution in [3.63, 3.8) is 0 Å². The van der Waals surface area contributed by atoms with E-state index in [1.807, 2.05) is 24.5 Å². The first-order valence-corrected chi connectivity index (χ1v) is 14.5. The van der Waals surface area contributed by atoms with Crippen molar-refractivity contribution < 1.29 is 17.9 Å². The van der Waals surface area contributed by atoms with Crippen molar-refractivity contribution in [1.82, 2.24) is 9.99 Å². The van der Waals surface area contributed by atoms with Crippen molar-refractivity contribution >= 4 is 62.6 Å². The minimum atomic E-state index is -4.11. The van der Waals surface area contributed by atoms with Crippen LogP contribution in [-0.4, -0.2) is 38.8 Å². The van der Waals surface area contributed by atoms with Crippen molar-refractivity contribution in [2.24, 2.45) is 5.10 Å². The average molecular weight is 620 g/mol. The SMILES string of the molecule is COc1ccc(N(CC(=O)N/N=C\c2cc(C)n(-c3cc(Cl)cc(Cl)c3)c2C)S(=O)(=O)c2ccccc2)cc1Cl. The molecule has 0 unspecified atom stereocenters. The zero-order chi connectivity index (χ0) is 29.0. The maximum absolute atomic E-state index is 13.5. The second kappa shape index (κ2) is 12.3. The number of nitrogens with one attached hydrogen (secondary N) is 1. The normalized spacial score (nSPS) is 11.6. The van der Waals surface area contributed by atoms with E-state index in [-0.39, 0.29) is 15.6 Å². The summed E-state index contributed by atoms with van der Waals surface area (Å²) in [6, 6.07) is 19.4. The Morgan fingerprint density at radius 3 is 2.30 bits per heavy atom. The van der Waals surface area contributed by atoms with Gasteiger partial charge in [0.1, 0.15) is 12.3 Å². The molecule has 1 aromatic heterocycles. The van der Waals surface area contributed by atoms with Gasteiger partial charge in [-0.3, -0.25) is 9.10 Å². The largest absolute Gasteiger partial charge is 0.495 e. The number of rotatable bonds is 9. The summed E-state index contributed by atoms with van der Waals surface area (Å²) in [6.45, 7) is 3.27. The lowest BCUT2D eigenvalue weighted by Crippen LogP contribution is -2.39. The summed E-state index contributed by atoms with van der Waals surface area (Å²) in [4.78, 5) is 13.0. The smallest absolute Gasteiger partial charge is 0.264 e. The highest BCUT2D eigenvalue weighted by Gasteiger charge is 2.27. The van der Waals surface area contributed by atoms with Crippen LogP contribution in [0.4, 0.5) is 5.69 Å². The molecule has 1 heterocycles. The molecule has 0 saturated carbocycles. The number of methoxy groups -OCH3 is 1. The van der Waals surface area contributed by atoms with Crippen molar-refractivity contribution in [3.8, 4) is 11.4 Å². The highest BCUT2D eigenvalue weighted by molar-refractivity contribution is 7.92. The fourth-order valence-electron chi connectivity index (χ4n) is 4.17. The first kappa shape index (κ1) is 29.5. The monoisotopic (exact) mass is 618 g/mol. The summed E-state index contributed by atoms with van der Waals surface area (Å²) in [5, 5.41) is 5.28. The first-order valence-electron chi connectivity index (χ1n) is 11.9. The number of hydrogen-bond acceptors (Lipinski definition) is 5. The van der Waals surface area contributed by atoms with Crippen LogP contribution in [0.25, 0.3) is 5.69 Å². The Balaban J connectivity index is 1.58. The van der Waals surface area contributed by atoms with Gasteiger partial charge in [-0.1, -0.05) is 53.0 Å². The van der Waals surface area contributed by atoms with Gasteiger partial charge < -0.3 is 9.30 Å². The van der Waals surface area contributed by atoms with Crippen molar-refractivity contribution in [3.05, 3.63) is 105 Å². The fraction of sp³-hybridized carbons (Fsp3) is 0.143. The number of hydrazone groups is 1. The van der Waals surface area contributed by atoms with Crippen LogP contribution < -0.4 is 14.5 Å². The van der Waals surface area contributed by atoms with Gasteiger partial charge in [-0.25, -0.2) is 13.8 Å². The number of anilines is 1. The van der Waals surface area contributed by atoms with Crippen molar-refractivity contribution in [2.75, 3.05) is 18.0 Å². The zero-order valence-electron chi connectivity index (χ0n) is 21.7. The second-order valence-electron chi connectivity index (χ2n) is 8.73. The third kappa shape index (κ3) is 6.45. The molecule has 208 valence electrons. The van der Waals surface area contributed by atoms with Crippen molar-refractivity contribution in [1.29, 1.82) is 0 Å². The molecule has 0 aliphatic rings. The topological polar surface area (TPSA) is 93.0 Å². The Bertz CT molecular complexity index is 1670. The van der Waals surface area contributed by atoms with E-state index in [1.54, 1.807) is 36.4 Å². The summed E-state index contributed by atoms with van der Waals surface area (Å²) < 4.78 is 35.1. The highest BCUT2D eigenvalue weighted by atomic mass is 35.5. The van der Waals surface area contributed by atoms with E-state index < -0.39 is 22.5 Å². The Labute approximate surface area is 247 Å². The van der Waals surface area contributed by atoms with E-state index >= 15 is 0 Å². The van der Waals surface area contributed by atoms with Crippen LogP contribution in [0.2, 0.25) is 15.1 Å². The highest BCUT2D eigenvalue weighted by Crippen LogP contribution is 2.32. The Morgan fingerprint density at radius 1 is 1.00 bits per heavy atom. The van der Waals surface area contributed by atoms with Gasteiger partial charge in [0.2, 0.25) is 0 Å². The number of benzene rings is 3. The number of carbonyl (C=O) groups excluding carboxylic acids is 1. The Kier molecular flexibility index (Phi) is 9.10. The van der Waals surface area contributed by atoms with Crippen LogP contribution in [0.1, 0.15) is 17.0 Å². The first-order chi connectivity index (χ1) is 19.0. The van der Waals surface area contributed by atoms with Crippen LogP contribution in [0, 0.1) is 13.8 Å². The summed E-state index contributed by atoms with van der Waals surface area (Å²) in [6.07, 6.45) is 1.49. The molecule has 1 N–H and O–H groups in total. The lowest BCUT2D eigenvalue weighted by molar-refractivity contribution is -0.119. The number of ether oxygens (including phenoxy) is 1. The molecule has 8 nitrogen and oxygen atoms in total. The maximum Gasteiger partial charge on any atom is 0.264 e. The molecule has 0 bridgehead atoms. The molecule has 0 aliphatic heterocycles. The van der Waals surface area contributed by atoms with E-state index in [9.17, 15) is 13.2 Å². The number of aryl methyl sites for hydroxylation is 1. The molecule has 4 aromatic rings. The molecule has 12 heteroatoms. The third-order valence-electron chi connectivity index (χ3n) is 6.01. The van der Waals surface area contributed by atoms with Crippen LogP contribution in [-0.2, 0) is 14.8 Å². The van der Waals surface area contributed by atoms with Crippen LogP contribution in [0.3, 0.4) is 0 Å². The number of aromatic nitrogens is 1. The van der Waals surface area contributed by atoms with Gasteiger partial charge in [0.05, 0.1) is 28.9 Å². The minimum absolute atomic E-state index is 0.0202. The van der Waals surface area contributed by atoms with Gasteiger partial charge in [-0.15, -0.1) is 0 Å². The number of hydrogen-bond donors (Lipinski definition) is 1. The van der Waals surface area contributed by atoms with E-state index in [0.29, 0.717) is 15.8 Å². The molecule has 1 amide bonds. The molecule has 0 aliphatic carbocycles. The maximum atomic E-state index is 13.5. The van der Waals surface area contributed by atoms with Crippen LogP contribution in [0.5, 0.6) is 5.75 Å². The zero-order valence-corrected chi connectivity index (χ0v) is 24.8. The molecular weight excluding hydrogens is 595 g/mol. The van der Waals surface area contributed by atoms with Crippen molar-refractivity contribution in [2.45, 2.75) is 18.7 Å². The van der Waals surface area contributed by atoms with Gasteiger partial charge in [0.25, 0.3) is 15.9 Å².